The standard InChI is InChI=1S/C41H56N2O5S/c1-32(2)13-11-14-33(3)15-12-16-34(4)23-30-49-39-18-8-7-17-36(39)41(45)48-37-21-19-35(31-38(37)46-6)20-22-40(44)47-29-10-9-24-43-27-25-42(5)26-28-43/h7-8,13,15,17-23,31H,9-12,14,16,24-30H2,1-6H3/b22-20+,33-15+,34-23+. The minimum absolute atomic E-state index is 0.312. The van der Waals surface area contributed by atoms with Crippen molar-refractivity contribution in [3.63, 3.8) is 0 Å². The molecule has 0 spiro atoms. The summed E-state index contributed by atoms with van der Waals surface area (Å²) in [5.74, 6) is 0.647. The third-order valence-corrected chi connectivity index (χ3v) is 9.41. The van der Waals surface area contributed by atoms with Crippen molar-refractivity contribution < 1.29 is 23.8 Å². The number of nitrogens with zero attached hydrogens (tertiary/aromatic N) is 2. The number of benzene rings is 2. The summed E-state index contributed by atoms with van der Waals surface area (Å²) in [6, 6.07) is 12.7. The summed E-state index contributed by atoms with van der Waals surface area (Å²) in [6.07, 6.45) is 16.1. The van der Waals surface area contributed by atoms with Gasteiger partial charge in [-0.25, -0.2) is 9.59 Å². The molecule has 0 unspecified atom stereocenters. The summed E-state index contributed by atoms with van der Waals surface area (Å²) < 4.78 is 16.7. The lowest BCUT2D eigenvalue weighted by atomic mass is 10.1. The topological polar surface area (TPSA) is 68.3 Å². The Morgan fingerprint density at radius 2 is 1.57 bits per heavy atom. The maximum atomic E-state index is 13.3. The molecule has 0 radical (unpaired) electrons. The second kappa shape index (κ2) is 22.2. The Morgan fingerprint density at radius 3 is 2.31 bits per heavy atom. The minimum Gasteiger partial charge on any atom is -0.493 e. The normalized spacial score (nSPS) is 14.6. The van der Waals surface area contributed by atoms with Crippen molar-refractivity contribution in [1.29, 1.82) is 0 Å². The highest BCUT2D eigenvalue weighted by Crippen LogP contribution is 2.31. The summed E-state index contributed by atoms with van der Waals surface area (Å²) in [7, 11) is 3.68. The predicted molar refractivity (Wildman–Crippen MR) is 204 cm³/mol. The summed E-state index contributed by atoms with van der Waals surface area (Å²) in [6.45, 7) is 14.5. The number of methoxy groups -OCH3 is 1. The summed E-state index contributed by atoms with van der Waals surface area (Å²) in [5, 5.41) is 0. The number of piperazine rings is 1. The number of carbonyl (C=O) groups is 2. The Labute approximate surface area is 299 Å². The highest BCUT2D eigenvalue weighted by atomic mass is 32.2. The number of allylic oxidation sites excluding steroid dienone is 5. The zero-order valence-corrected chi connectivity index (χ0v) is 31.3. The van der Waals surface area contributed by atoms with Gasteiger partial charge in [0.05, 0.1) is 19.3 Å². The first-order valence-electron chi connectivity index (χ1n) is 17.5. The average Bonchev–Trinajstić information content (AvgIpc) is 3.08. The van der Waals surface area contributed by atoms with Crippen LogP contribution in [0.1, 0.15) is 82.1 Å². The molecule has 8 heteroatoms. The number of hydrogen-bond donors (Lipinski definition) is 0. The maximum absolute atomic E-state index is 13.3. The van der Waals surface area contributed by atoms with E-state index in [2.05, 4.69) is 62.8 Å². The monoisotopic (exact) mass is 688 g/mol. The number of esters is 2. The van der Waals surface area contributed by atoms with Gasteiger partial charge in [0, 0.05) is 42.9 Å². The van der Waals surface area contributed by atoms with Gasteiger partial charge >= 0.3 is 11.9 Å². The molecular formula is C41H56N2O5S. The summed E-state index contributed by atoms with van der Waals surface area (Å²) in [4.78, 5) is 31.2. The number of likely N-dealkylation sites (N-methyl/N-ethyl adjacent to an activating group) is 1. The van der Waals surface area contributed by atoms with Gasteiger partial charge in [0.1, 0.15) is 0 Å². The Balaban J connectivity index is 1.46. The smallest absolute Gasteiger partial charge is 0.344 e. The molecule has 0 aromatic heterocycles. The molecule has 0 atom stereocenters. The van der Waals surface area contributed by atoms with Crippen LogP contribution in [0.2, 0.25) is 0 Å². The van der Waals surface area contributed by atoms with Crippen LogP contribution in [-0.4, -0.2) is 81.0 Å². The molecule has 1 fully saturated rings. The van der Waals surface area contributed by atoms with E-state index in [4.69, 9.17) is 14.2 Å². The third kappa shape index (κ3) is 15.7. The van der Waals surface area contributed by atoms with Gasteiger partial charge in [-0.1, -0.05) is 53.1 Å². The van der Waals surface area contributed by atoms with Gasteiger partial charge in [-0.15, -0.1) is 11.8 Å². The Kier molecular flexibility index (Phi) is 18.0. The molecule has 1 saturated heterocycles. The Hall–Kier alpha value is -3.59. The van der Waals surface area contributed by atoms with Crippen LogP contribution in [0, 0.1) is 0 Å². The molecular weight excluding hydrogens is 633 g/mol. The van der Waals surface area contributed by atoms with Gasteiger partial charge in [-0.05, 0) is 116 Å². The van der Waals surface area contributed by atoms with Gasteiger partial charge in [-0.3, -0.25) is 0 Å². The Morgan fingerprint density at radius 1 is 0.857 bits per heavy atom. The minimum atomic E-state index is -0.449. The van der Waals surface area contributed by atoms with Crippen LogP contribution in [-0.2, 0) is 9.53 Å². The van der Waals surface area contributed by atoms with Crippen molar-refractivity contribution in [1.82, 2.24) is 9.80 Å². The number of hydrogen-bond acceptors (Lipinski definition) is 8. The van der Waals surface area contributed by atoms with E-state index >= 15 is 0 Å². The van der Waals surface area contributed by atoms with Crippen LogP contribution in [0.4, 0.5) is 0 Å². The van der Waals surface area contributed by atoms with E-state index in [0.717, 1.165) is 87.5 Å². The molecule has 0 bridgehead atoms. The van der Waals surface area contributed by atoms with Crippen molar-refractivity contribution in [3.05, 3.63) is 94.6 Å². The van der Waals surface area contributed by atoms with Crippen molar-refractivity contribution in [2.24, 2.45) is 0 Å². The molecule has 0 amide bonds. The number of thioether (sulfide) groups is 1. The van der Waals surface area contributed by atoms with E-state index in [1.165, 1.54) is 29.9 Å². The predicted octanol–water partition coefficient (Wildman–Crippen LogP) is 9.01. The Bertz CT molecular complexity index is 1470. The molecule has 2 aromatic rings. The van der Waals surface area contributed by atoms with Crippen molar-refractivity contribution >= 4 is 29.8 Å². The lowest BCUT2D eigenvalue weighted by molar-refractivity contribution is -0.137. The average molecular weight is 689 g/mol. The molecule has 1 aliphatic heterocycles. The summed E-state index contributed by atoms with van der Waals surface area (Å²) in [5.41, 5.74) is 5.38. The SMILES string of the molecule is COc1cc(/C=C/C(=O)OCCCCN2CCN(C)CC2)ccc1OC(=O)c1ccccc1SC/C=C(\C)CC/C=C(\C)CCC=C(C)C. The zero-order chi connectivity index (χ0) is 35.4. The molecule has 0 N–H and O–H groups in total. The largest absolute Gasteiger partial charge is 0.493 e. The van der Waals surface area contributed by atoms with Crippen LogP contribution in [0.15, 0.2) is 88.4 Å². The molecule has 49 heavy (non-hydrogen) atoms. The van der Waals surface area contributed by atoms with Gasteiger partial charge in [0.25, 0.3) is 0 Å². The fourth-order valence-corrected chi connectivity index (χ4v) is 6.32. The molecule has 1 aliphatic rings. The first kappa shape index (κ1) is 39.8. The van der Waals surface area contributed by atoms with Gasteiger partial charge in [0.2, 0.25) is 0 Å². The highest BCUT2D eigenvalue weighted by Gasteiger charge is 2.17. The zero-order valence-electron chi connectivity index (χ0n) is 30.5. The van der Waals surface area contributed by atoms with E-state index in [-0.39, 0.29) is 5.97 Å². The fraction of sp³-hybridized carbons (Fsp3) is 0.463. The number of ether oxygens (including phenoxy) is 3. The lowest BCUT2D eigenvalue weighted by Crippen LogP contribution is -2.44. The van der Waals surface area contributed by atoms with Crippen molar-refractivity contribution in [2.75, 3.05) is 59.2 Å². The summed E-state index contributed by atoms with van der Waals surface area (Å²) >= 11 is 1.62. The molecule has 0 saturated carbocycles. The van der Waals surface area contributed by atoms with E-state index in [1.54, 1.807) is 42.1 Å². The second-order valence-electron chi connectivity index (χ2n) is 12.9. The van der Waals surface area contributed by atoms with Gasteiger partial charge < -0.3 is 24.0 Å². The van der Waals surface area contributed by atoms with E-state index < -0.39 is 5.97 Å². The number of rotatable bonds is 19. The van der Waals surface area contributed by atoms with Crippen LogP contribution >= 0.6 is 11.8 Å². The lowest BCUT2D eigenvalue weighted by Gasteiger charge is -2.32. The maximum Gasteiger partial charge on any atom is 0.344 e. The van der Waals surface area contributed by atoms with E-state index in [0.29, 0.717) is 23.7 Å². The van der Waals surface area contributed by atoms with Gasteiger partial charge in [0.15, 0.2) is 11.5 Å². The first-order valence-corrected chi connectivity index (χ1v) is 18.5. The molecule has 7 nitrogen and oxygen atoms in total. The quantitative estimate of drug-likeness (QED) is 0.0362. The number of unbranched alkanes of at least 4 members (excludes halogenated alkanes) is 1. The molecule has 0 aliphatic carbocycles. The fourth-order valence-electron chi connectivity index (χ4n) is 5.29. The van der Waals surface area contributed by atoms with Crippen LogP contribution in [0.5, 0.6) is 11.5 Å². The molecule has 266 valence electrons. The van der Waals surface area contributed by atoms with Crippen molar-refractivity contribution in [3.8, 4) is 11.5 Å². The van der Waals surface area contributed by atoms with Crippen molar-refractivity contribution in [2.45, 2.75) is 71.1 Å². The van der Waals surface area contributed by atoms with Crippen LogP contribution in [0.25, 0.3) is 6.08 Å². The molecule has 1 heterocycles. The van der Waals surface area contributed by atoms with E-state index in [1.807, 2.05) is 18.2 Å². The first-order chi connectivity index (χ1) is 23.6. The highest BCUT2D eigenvalue weighted by molar-refractivity contribution is 7.99. The second-order valence-corrected chi connectivity index (χ2v) is 14.0. The molecule has 2 aromatic carbocycles. The van der Waals surface area contributed by atoms with Gasteiger partial charge in [-0.2, -0.15) is 0 Å². The van der Waals surface area contributed by atoms with Crippen LogP contribution < -0.4 is 9.47 Å². The number of carbonyl (C=O) groups excluding carboxylic acids is 2. The third-order valence-electron chi connectivity index (χ3n) is 8.41. The van der Waals surface area contributed by atoms with E-state index in [9.17, 15) is 9.59 Å². The molecule has 3 rings (SSSR count). The van der Waals surface area contributed by atoms with Crippen LogP contribution in [0.3, 0.4) is 0 Å².